The van der Waals surface area contributed by atoms with Crippen LogP contribution in [0.1, 0.15) is 25.8 Å². The molecule has 1 aromatic carbocycles. The fraction of sp³-hybridized carbons (Fsp3) is 0.417. The zero-order valence-corrected chi connectivity index (χ0v) is 8.85. The second-order valence-corrected chi connectivity index (χ2v) is 3.94. The minimum atomic E-state index is -0.591. The molecule has 0 aromatic heterocycles. The maximum absolute atomic E-state index is 13.3. The first-order valence-corrected chi connectivity index (χ1v) is 4.86. The number of halogens is 2. The summed E-state index contributed by atoms with van der Waals surface area (Å²) in [6.45, 7) is 3.65. The maximum atomic E-state index is 13.3. The van der Waals surface area contributed by atoms with Crippen molar-refractivity contribution in [1.82, 2.24) is 0 Å². The highest BCUT2D eigenvalue weighted by Gasteiger charge is 2.23. The van der Waals surface area contributed by atoms with Gasteiger partial charge in [-0.15, -0.1) is 0 Å². The first kappa shape index (κ1) is 11.6. The Hall–Kier alpha value is -1.43. The molecule has 0 saturated carbocycles. The van der Waals surface area contributed by atoms with Crippen molar-refractivity contribution in [2.24, 2.45) is 5.41 Å². The summed E-state index contributed by atoms with van der Waals surface area (Å²) >= 11 is 0. The van der Waals surface area contributed by atoms with Crippen LogP contribution in [0.3, 0.4) is 0 Å². The fourth-order valence-corrected chi connectivity index (χ4v) is 1.33. The molecule has 1 atom stereocenters. The van der Waals surface area contributed by atoms with Crippen LogP contribution < -0.4 is 0 Å². The molecule has 1 unspecified atom stereocenters. The molecule has 0 aliphatic carbocycles. The van der Waals surface area contributed by atoms with E-state index in [9.17, 15) is 8.78 Å². The normalized spacial score (nSPS) is 14.3. The van der Waals surface area contributed by atoms with Crippen LogP contribution in [-0.2, 0) is 6.42 Å². The number of nitrogens with zero attached hydrogens (tertiary/aromatic N) is 1. The maximum Gasteiger partial charge on any atom is 0.129 e. The van der Waals surface area contributed by atoms with Gasteiger partial charge in [0.25, 0.3) is 0 Å². The van der Waals surface area contributed by atoms with E-state index in [0.717, 1.165) is 6.07 Å². The molecular formula is C12H13F2N. The molecule has 0 heterocycles. The zero-order chi connectivity index (χ0) is 11.5. The highest BCUT2D eigenvalue weighted by Crippen LogP contribution is 2.26. The second kappa shape index (κ2) is 4.39. The van der Waals surface area contributed by atoms with Gasteiger partial charge in [-0.1, -0.05) is 13.0 Å². The quantitative estimate of drug-likeness (QED) is 0.748. The van der Waals surface area contributed by atoms with E-state index in [2.05, 4.69) is 6.07 Å². The molecule has 1 rings (SSSR count). The minimum Gasteiger partial charge on any atom is -0.207 e. The Bertz CT molecular complexity index is 395. The van der Waals surface area contributed by atoms with Crippen LogP contribution in [0.5, 0.6) is 0 Å². The van der Waals surface area contributed by atoms with Crippen molar-refractivity contribution < 1.29 is 8.78 Å². The summed E-state index contributed by atoms with van der Waals surface area (Å²) < 4.78 is 25.9. The number of hydrogen-bond donors (Lipinski definition) is 0. The smallest absolute Gasteiger partial charge is 0.129 e. The highest BCUT2D eigenvalue weighted by atomic mass is 19.1. The Kier molecular flexibility index (Phi) is 3.41. The van der Waals surface area contributed by atoms with Crippen molar-refractivity contribution in [2.75, 3.05) is 0 Å². The van der Waals surface area contributed by atoms with Gasteiger partial charge in [0.1, 0.15) is 11.6 Å². The number of nitriles is 1. The monoisotopic (exact) mass is 209 g/mol. The molecule has 80 valence electrons. The zero-order valence-electron chi connectivity index (χ0n) is 8.85. The Morgan fingerprint density at radius 1 is 1.40 bits per heavy atom. The SMILES string of the molecule is CCC(C)(C#N)Cc1ccc(F)cc1F. The van der Waals surface area contributed by atoms with Gasteiger partial charge < -0.3 is 0 Å². The molecular weight excluding hydrogens is 196 g/mol. The van der Waals surface area contributed by atoms with Crippen molar-refractivity contribution in [3.8, 4) is 6.07 Å². The third kappa shape index (κ3) is 2.76. The van der Waals surface area contributed by atoms with Crippen LogP contribution in [0.25, 0.3) is 0 Å². The third-order valence-electron chi connectivity index (χ3n) is 2.65. The molecule has 0 spiro atoms. The lowest BCUT2D eigenvalue weighted by atomic mass is 9.82. The molecule has 3 heteroatoms. The average molecular weight is 209 g/mol. The summed E-state index contributed by atoms with van der Waals surface area (Å²) in [6, 6.07) is 5.62. The van der Waals surface area contributed by atoms with Gasteiger partial charge in [-0.05, 0) is 31.4 Å². The number of benzene rings is 1. The van der Waals surface area contributed by atoms with E-state index in [1.807, 2.05) is 6.92 Å². The lowest BCUT2D eigenvalue weighted by molar-refractivity contribution is 0.412. The van der Waals surface area contributed by atoms with Crippen molar-refractivity contribution in [1.29, 1.82) is 5.26 Å². The first-order chi connectivity index (χ1) is 7.00. The van der Waals surface area contributed by atoms with Crippen molar-refractivity contribution in [3.63, 3.8) is 0 Å². The Labute approximate surface area is 88.3 Å². The number of rotatable bonds is 3. The molecule has 0 amide bonds. The molecule has 0 fully saturated rings. The standard InChI is InChI=1S/C12H13F2N/c1-3-12(2,8-15)7-9-4-5-10(13)6-11(9)14/h4-6H,3,7H2,1-2H3. The summed E-state index contributed by atoms with van der Waals surface area (Å²) in [5, 5.41) is 8.95. The second-order valence-electron chi connectivity index (χ2n) is 3.94. The van der Waals surface area contributed by atoms with Crippen molar-refractivity contribution in [2.45, 2.75) is 26.7 Å². The van der Waals surface area contributed by atoms with Gasteiger partial charge in [-0.25, -0.2) is 8.78 Å². The van der Waals surface area contributed by atoms with Gasteiger partial charge in [0.2, 0.25) is 0 Å². The van der Waals surface area contributed by atoms with Crippen LogP contribution in [0.2, 0.25) is 0 Å². The summed E-state index contributed by atoms with van der Waals surface area (Å²) in [6.07, 6.45) is 0.951. The average Bonchev–Trinajstić information content (AvgIpc) is 2.22. The summed E-state index contributed by atoms with van der Waals surface area (Å²) in [4.78, 5) is 0. The van der Waals surface area contributed by atoms with E-state index >= 15 is 0 Å². The lowest BCUT2D eigenvalue weighted by Crippen LogP contribution is -2.16. The third-order valence-corrected chi connectivity index (χ3v) is 2.65. The van der Waals surface area contributed by atoms with E-state index in [1.54, 1.807) is 6.92 Å². The molecule has 0 saturated heterocycles. The molecule has 1 aromatic rings. The molecule has 0 bridgehead atoms. The van der Waals surface area contributed by atoms with E-state index in [4.69, 9.17) is 5.26 Å². The van der Waals surface area contributed by atoms with Gasteiger partial charge in [-0.2, -0.15) is 5.26 Å². The van der Waals surface area contributed by atoms with Crippen LogP contribution in [0, 0.1) is 28.4 Å². The van der Waals surface area contributed by atoms with Gasteiger partial charge in [0, 0.05) is 6.07 Å². The van der Waals surface area contributed by atoms with E-state index in [0.29, 0.717) is 18.4 Å². The number of hydrogen-bond acceptors (Lipinski definition) is 1. The topological polar surface area (TPSA) is 23.8 Å². The van der Waals surface area contributed by atoms with Crippen LogP contribution in [0.4, 0.5) is 8.78 Å². The van der Waals surface area contributed by atoms with Crippen molar-refractivity contribution in [3.05, 3.63) is 35.4 Å². The molecule has 1 nitrogen and oxygen atoms in total. The summed E-state index contributed by atoms with van der Waals surface area (Å²) in [5.41, 5.74) is -0.194. The molecule has 0 N–H and O–H groups in total. The largest absolute Gasteiger partial charge is 0.207 e. The summed E-state index contributed by atoms with van der Waals surface area (Å²) in [7, 11) is 0. The minimum absolute atomic E-state index is 0.312. The van der Waals surface area contributed by atoms with E-state index in [1.165, 1.54) is 12.1 Å². The highest BCUT2D eigenvalue weighted by molar-refractivity contribution is 5.21. The summed E-state index contributed by atoms with van der Waals surface area (Å²) in [5.74, 6) is -1.17. The molecule has 0 aliphatic rings. The molecule has 15 heavy (non-hydrogen) atoms. The fourth-order valence-electron chi connectivity index (χ4n) is 1.33. The van der Waals surface area contributed by atoms with Gasteiger partial charge in [0.05, 0.1) is 11.5 Å². The lowest BCUT2D eigenvalue weighted by Gasteiger charge is -2.19. The van der Waals surface area contributed by atoms with E-state index < -0.39 is 17.0 Å². The predicted molar refractivity (Wildman–Crippen MR) is 54.1 cm³/mol. The van der Waals surface area contributed by atoms with Gasteiger partial charge in [0.15, 0.2) is 0 Å². The predicted octanol–water partition coefficient (Wildman–Crippen LogP) is 3.45. The Morgan fingerprint density at radius 2 is 2.07 bits per heavy atom. The van der Waals surface area contributed by atoms with Crippen LogP contribution in [-0.4, -0.2) is 0 Å². The van der Waals surface area contributed by atoms with Crippen LogP contribution >= 0.6 is 0 Å². The molecule has 0 radical (unpaired) electrons. The van der Waals surface area contributed by atoms with Crippen LogP contribution in [0.15, 0.2) is 18.2 Å². The Balaban J connectivity index is 2.95. The molecule has 0 aliphatic heterocycles. The van der Waals surface area contributed by atoms with Gasteiger partial charge >= 0.3 is 0 Å². The Morgan fingerprint density at radius 3 is 2.53 bits per heavy atom. The van der Waals surface area contributed by atoms with E-state index in [-0.39, 0.29) is 0 Å². The first-order valence-electron chi connectivity index (χ1n) is 4.86. The van der Waals surface area contributed by atoms with Gasteiger partial charge in [-0.3, -0.25) is 0 Å². The van der Waals surface area contributed by atoms with Crippen molar-refractivity contribution >= 4 is 0 Å².